The molecule has 2 N–H and O–H groups in total. The number of ether oxygens (including phenoxy) is 2. The van der Waals surface area contributed by atoms with Gasteiger partial charge in [-0.1, -0.05) is 6.07 Å². The van der Waals surface area contributed by atoms with Crippen LogP contribution in [-0.2, 0) is 31.0 Å². The number of anilines is 3. The quantitative estimate of drug-likeness (QED) is 0.368. The van der Waals surface area contributed by atoms with Gasteiger partial charge in [0.1, 0.15) is 18.0 Å². The molecule has 0 unspecified atom stereocenters. The molecule has 0 heterocycles. The Morgan fingerprint density at radius 3 is 2.13 bits per heavy atom. The molecule has 0 spiro atoms. The Labute approximate surface area is 223 Å². The Morgan fingerprint density at radius 2 is 1.56 bits per heavy atom. The van der Waals surface area contributed by atoms with Crippen molar-refractivity contribution in [2.75, 3.05) is 41.4 Å². The van der Waals surface area contributed by atoms with Crippen LogP contribution < -0.4 is 23.8 Å². The number of carbonyl (C=O) groups excluding carboxylic acids is 1. The minimum Gasteiger partial charge on any atom is -0.497 e. The largest absolute Gasteiger partial charge is 0.497 e. The van der Waals surface area contributed by atoms with Crippen LogP contribution in [0.15, 0.2) is 71.6 Å². The number of sulfonamides is 2. The first-order valence-electron chi connectivity index (χ1n) is 10.9. The summed E-state index contributed by atoms with van der Waals surface area (Å²) in [6.45, 7) is -0.639. The molecule has 39 heavy (non-hydrogen) atoms. The number of nitrogens with one attached hydrogen (secondary N) is 2. The first-order chi connectivity index (χ1) is 18.1. The second kappa shape index (κ2) is 11.4. The van der Waals surface area contributed by atoms with Crippen molar-refractivity contribution < 1.29 is 44.3 Å². The van der Waals surface area contributed by atoms with E-state index >= 15 is 0 Å². The number of methoxy groups -OCH3 is 2. The molecule has 0 aliphatic rings. The Morgan fingerprint density at radius 1 is 0.897 bits per heavy atom. The number of carbonyl (C=O) groups is 1. The van der Waals surface area contributed by atoms with Crippen LogP contribution >= 0.6 is 0 Å². The van der Waals surface area contributed by atoms with Crippen LogP contribution in [0.1, 0.15) is 5.56 Å². The third-order valence-electron chi connectivity index (χ3n) is 5.23. The van der Waals surface area contributed by atoms with Crippen LogP contribution in [0.3, 0.4) is 0 Å². The molecule has 1 amide bonds. The van der Waals surface area contributed by atoms with Crippen LogP contribution in [0.5, 0.6) is 11.5 Å². The lowest BCUT2D eigenvalue weighted by molar-refractivity contribution is -0.137. The van der Waals surface area contributed by atoms with Gasteiger partial charge in [0, 0.05) is 17.4 Å². The van der Waals surface area contributed by atoms with Crippen molar-refractivity contribution in [1.82, 2.24) is 0 Å². The van der Waals surface area contributed by atoms with Crippen LogP contribution in [0.2, 0.25) is 0 Å². The van der Waals surface area contributed by atoms with Crippen LogP contribution in [-0.4, -0.2) is 49.8 Å². The van der Waals surface area contributed by atoms with Crippen molar-refractivity contribution in [2.24, 2.45) is 0 Å². The van der Waals surface area contributed by atoms with Gasteiger partial charge in [-0.3, -0.25) is 13.8 Å². The highest BCUT2D eigenvalue weighted by atomic mass is 32.2. The van der Waals surface area contributed by atoms with Crippen molar-refractivity contribution in [2.45, 2.75) is 11.1 Å². The van der Waals surface area contributed by atoms with E-state index in [9.17, 15) is 34.8 Å². The summed E-state index contributed by atoms with van der Waals surface area (Å²) in [4.78, 5) is 12.4. The molecular formula is C24H24F3N3O7S2. The summed E-state index contributed by atoms with van der Waals surface area (Å²) < 4.78 is 102. The Hall–Kier alpha value is -3.98. The zero-order valence-corrected chi connectivity index (χ0v) is 22.4. The summed E-state index contributed by atoms with van der Waals surface area (Å²) in [5.41, 5.74) is -1.09. The number of hydrogen-bond acceptors (Lipinski definition) is 7. The third kappa shape index (κ3) is 7.54. The maximum Gasteiger partial charge on any atom is 0.416 e. The van der Waals surface area contributed by atoms with E-state index < -0.39 is 44.2 Å². The standard InChI is InChI=1S/C24H24F3N3O7S2/c1-36-19-9-12-22(37-2)21(14-19)30(38(3,32)33)15-23(31)28-17-7-10-20(11-8-17)39(34,35)29-18-6-4-5-16(13-18)24(25,26)27/h4-14,29H,15H2,1-3H3,(H,28,31). The van der Waals surface area contributed by atoms with Crippen molar-refractivity contribution in [3.63, 3.8) is 0 Å². The average Bonchev–Trinajstić information content (AvgIpc) is 2.86. The van der Waals surface area contributed by atoms with Gasteiger partial charge in [0.05, 0.1) is 36.6 Å². The maximum atomic E-state index is 12.9. The zero-order chi connectivity index (χ0) is 29.0. The minimum atomic E-state index is -4.65. The molecule has 3 aromatic rings. The van der Waals surface area contributed by atoms with Crippen molar-refractivity contribution in [3.8, 4) is 11.5 Å². The molecule has 0 aromatic heterocycles. The van der Waals surface area contributed by atoms with E-state index in [1.807, 2.05) is 0 Å². The van der Waals surface area contributed by atoms with Gasteiger partial charge in [-0.15, -0.1) is 0 Å². The fourth-order valence-electron chi connectivity index (χ4n) is 3.39. The van der Waals surface area contributed by atoms with Crippen LogP contribution in [0.4, 0.5) is 30.2 Å². The molecular weight excluding hydrogens is 563 g/mol. The fraction of sp³-hybridized carbons (Fsp3) is 0.208. The Kier molecular flexibility index (Phi) is 8.65. The second-order valence-electron chi connectivity index (χ2n) is 8.06. The molecule has 15 heteroatoms. The number of rotatable bonds is 10. The molecule has 0 fully saturated rings. The Bertz CT molecular complexity index is 1560. The Balaban J connectivity index is 1.76. The molecule has 0 bridgehead atoms. The van der Waals surface area contributed by atoms with Gasteiger partial charge in [-0.05, 0) is 54.6 Å². The van der Waals surface area contributed by atoms with Gasteiger partial charge < -0.3 is 14.8 Å². The average molecular weight is 588 g/mol. The molecule has 3 rings (SSSR count). The van der Waals surface area contributed by atoms with E-state index in [1.54, 1.807) is 6.07 Å². The molecule has 210 valence electrons. The summed E-state index contributed by atoms with van der Waals surface area (Å²) in [5, 5.41) is 2.48. The molecule has 0 aliphatic heterocycles. The van der Waals surface area contributed by atoms with Gasteiger partial charge in [0.25, 0.3) is 10.0 Å². The number of hydrogen-bond donors (Lipinski definition) is 2. The summed E-state index contributed by atoms with van der Waals surface area (Å²) in [6.07, 6.45) is -3.73. The maximum absolute atomic E-state index is 12.9. The highest BCUT2D eigenvalue weighted by molar-refractivity contribution is 7.92. The van der Waals surface area contributed by atoms with E-state index in [1.165, 1.54) is 44.6 Å². The van der Waals surface area contributed by atoms with Crippen LogP contribution in [0.25, 0.3) is 0 Å². The van der Waals surface area contributed by atoms with E-state index in [4.69, 9.17) is 9.47 Å². The van der Waals surface area contributed by atoms with E-state index in [0.717, 1.165) is 34.8 Å². The molecule has 0 radical (unpaired) electrons. The van der Waals surface area contributed by atoms with E-state index in [0.29, 0.717) is 11.8 Å². The number of alkyl halides is 3. The smallest absolute Gasteiger partial charge is 0.416 e. The highest BCUT2D eigenvalue weighted by Crippen LogP contribution is 2.34. The van der Waals surface area contributed by atoms with Gasteiger partial charge in [-0.25, -0.2) is 16.8 Å². The number of halogens is 3. The molecule has 0 aliphatic carbocycles. The summed E-state index contributed by atoms with van der Waals surface area (Å²) in [5.74, 6) is -0.241. The fourth-order valence-corrected chi connectivity index (χ4v) is 5.30. The molecule has 0 saturated carbocycles. The van der Waals surface area contributed by atoms with Crippen molar-refractivity contribution in [3.05, 3.63) is 72.3 Å². The predicted molar refractivity (Wildman–Crippen MR) is 139 cm³/mol. The molecule has 0 atom stereocenters. The van der Waals surface area contributed by atoms with E-state index in [-0.39, 0.29) is 27.7 Å². The number of amides is 1. The monoisotopic (exact) mass is 587 g/mol. The van der Waals surface area contributed by atoms with Gasteiger partial charge in [-0.2, -0.15) is 13.2 Å². The lowest BCUT2D eigenvalue weighted by Crippen LogP contribution is -2.37. The lowest BCUT2D eigenvalue weighted by atomic mass is 10.2. The highest BCUT2D eigenvalue weighted by Gasteiger charge is 2.31. The summed E-state index contributed by atoms with van der Waals surface area (Å²) in [6, 6.07) is 12.9. The molecule has 3 aromatic carbocycles. The first-order valence-corrected chi connectivity index (χ1v) is 14.3. The SMILES string of the molecule is COc1ccc(OC)c(N(CC(=O)Nc2ccc(S(=O)(=O)Nc3cccc(C(F)(F)F)c3)cc2)S(C)(=O)=O)c1. The van der Waals surface area contributed by atoms with Crippen molar-refractivity contribution in [1.29, 1.82) is 0 Å². The van der Waals surface area contributed by atoms with E-state index in [2.05, 4.69) is 10.0 Å². The topological polar surface area (TPSA) is 131 Å². The van der Waals surface area contributed by atoms with Gasteiger partial charge in [0.15, 0.2) is 0 Å². The molecule has 0 saturated heterocycles. The lowest BCUT2D eigenvalue weighted by Gasteiger charge is -2.24. The summed E-state index contributed by atoms with van der Waals surface area (Å²) in [7, 11) is -5.48. The minimum absolute atomic E-state index is 0.0663. The third-order valence-corrected chi connectivity index (χ3v) is 7.76. The molecule has 10 nitrogen and oxygen atoms in total. The summed E-state index contributed by atoms with van der Waals surface area (Å²) >= 11 is 0. The number of benzene rings is 3. The number of nitrogens with zero attached hydrogens (tertiary/aromatic N) is 1. The van der Waals surface area contributed by atoms with Crippen LogP contribution in [0, 0.1) is 0 Å². The second-order valence-corrected chi connectivity index (χ2v) is 11.7. The normalized spacial score (nSPS) is 11.9. The van der Waals surface area contributed by atoms with Gasteiger partial charge >= 0.3 is 6.18 Å². The zero-order valence-electron chi connectivity index (χ0n) is 20.8. The van der Waals surface area contributed by atoms with Crippen molar-refractivity contribution >= 4 is 43.0 Å². The predicted octanol–water partition coefficient (Wildman–Crippen LogP) is 3.93. The van der Waals surface area contributed by atoms with Gasteiger partial charge in [0.2, 0.25) is 15.9 Å². The first kappa shape index (κ1) is 29.6.